The number of carbonyl (C=O) groups is 3. The van der Waals surface area contributed by atoms with Gasteiger partial charge < -0.3 is 20.1 Å². The molecule has 0 aromatic rings. The summed E-state index contributed by atoms with van der Waals surface area (Å²) in [6.07, 6.45) is 0. The Kier molecular flexibility index (Phi) is 5.32. The molecule has 3 atom stereocenters. The molecule has 2 rings (SSSR count). The largest absolute Gasteiger partial charge is 0.464 e. The number of fused-ring (bicyclic) bond motifs is 1. The number of rotatable bonds is 4. The molecule has 0 saturated carbocycles. The molecular formula is C14H21BrN2O5S. The van der Waals surface area contributed by atoms with Gasteiger partial charge in [-0.15, -0.1) is 11.8 Å². The summed E-state index contributed by atoms with van der Waals surface area (Å²) in [6.45, 7) is 5.28. The maximum atomic E-state index is 12.7. The zero-order valence-electron chi connectivity index (χ0n) is 13.3. The number of hydrogen-bond donors (Lipinski definition) is 1. The fourth-order valence-electron chi connectivity index (χ4n) is 2.45. The molecule has 0 spiro atoms. The minimum absolute atomic E-state index is 0.0484. The normalized spacial score (nSPS) is 30.3. The summed E-state index contributed by atoms with van der Waals surface area (Å²) < 4.78 is 10.6. The van der Waals surface area contributed by atoms with Crippen molar-refractivity contribution in [1.82, 2.24) is 4.90 Å². The lowest BCUT2D eigenvalue weighted by Crippen LogP contribution is -2.73. The van der Waals surface area contributed by atoms with Gasteiger partial charge >= 0.3 is 11.9 Å². The Hall–Kier alpha value is -0.800. The summed E-state index contributed by atoms with van der Waals surface area (Å²) in [5.74, 6) is -1.40. The number of hydrogen-bond acceptors (Lipinski definition) is 7. The Morgan fingerprint density at radius 3 is 2.65 bits per heavy atom. The molecule has 2 heterocycles. The lowest BCUT2D eigenvalue weighted by molar-refractivity contribution is -0.181. The van der Waals surface area contributed by atoms with E-state index in [4.69, 9.17) is 15.2 Å². The van der Waals surface area contributed by atoms with Crippen LogP contribution in [0, 0.1) is 5.41 Å². The maximum absolute atomic E-state index is 12.7. The second-order valence-electron chi connectivity index (χ2n) is 6.60. The Morgan fingerprint density at radius 2 is 2.09 bits per heavy atom. The highest BCUT2D eigenvalue weighted by Crippen LogP contribution is 2.43. The number of β-lactam (4-membered cyclic amide) rings is 1. The fraction of sp³-hybridized carbons (Fsp3) is 0.786. The number of carbonyl (C=O) groups excluding carboxylic acids is 3. The predicted molar refractivity (Wildman–Crippen MR) is 89.0 cm³/mol. The topological polar surface area (TPSA) is 98.9 Å². The van der Waals surface area contributed by atoms with Crippen molar-refractivity contribution in [3.63, 3.8) is 0 Å². The van der Waals surface area contributed by atoms with Gasteiger partial charge in [0.15, 0.2) is 5.41 Å². The number of nitrogens with two attached hydrogens (primary N) is 1. The van der Waals surface area contributed by atoms with Crippen LogP contribution in [-0.4, -0.2) is 64.0 Å². The minimum Gasteiger partial charge on any atom is -0.464 e. The summed E-state index contributed by atoms with van der Waals surface area (Å²) in [7, 11) is 0. The minimum atomic E-state index is -1.51. The molecule has 2 fully saturated rings. The number of ether oxygens (including phenoxy) is 2. The summed E-state index contributed by atoms with van der Waals surface area (Å²) in [4.78, 5) is 38.6. The fourth-order valence-corrected chi connectivity index (χ4v) is 4.08. The van der Waals surface area contributed by atoms with Crippen LogP contribution in [0.2, 0.25) is 0 Å². The van der Waals surface area contributed by atoms with Gasteiger partial charge in [0.25, 0.3) is 0 Å². The highest BCUT2D eigenvalue weighted by atomic mass is 79.9. The monoisotopic (exact) mass is 408 g/mol. The molecule has 9 heteroatoms. The molecule has 130 valence electrons. The van der Waals surface area contributed by atoms with E-state index in [0.717, 1.165) is 0 Å². The first kappa shape index (κ1) is 18.5. The molecule has 0 aromatic carbocycles. The first-order valence-corrected chi connectivity index (χ1v) is 9.44. The summed E-state index contributed by atoms with van der Waals surface area (Å²) in [6, 6.07) is -0.574. The molecule has 0 aliphatic carbocycles. The molecule has 2 N–H and O–H groups in total. The first-order valence-electron chi connectivity index (χ1n) is 7.27. The van der Waals surface area contributed by atoms with Crippen LogP contribution in [0.3, 0.4) is 0 Å². The summed E-state index contributed by atoms with van der Waals surface area (Å²) >= 11 is 4.49. The van der Waals surface area contributed by atoms with E-state index in [-0.39, 0.29) is 30.2 Å². The number of halogens is 1. The lowest BCUT2D eigenvalue weighted by atomic mass is 9.87. The van der Waals surface area contributed by atoms with E-state index in [0.29, 0.717) is 5.33 Å². The number of amides is 1. The van der Waals surface area contributed by atoms with Gasteiger partial charge in [-0.25, -0.2) is 0 Å². The van der Waals surface area contributed by atoms with Crippen LogP contribution < -0.4 is 5.73 Å². The van der Waals surface area contributed by atoms with E-state index in [1.807, 2.05) is 0 Å². The molecule has 2 aliphatic rings. The van der Waals surface area contributed by atoms with Crippen molar-refractivity contribution in [3.05, 3.63) is 0 Å². The van der Waals surface area contributed by atoms with E-state index >= 15 is 0 Å². The van der Waals surface area contributed by atoms with Crippen molar-refractivity contribution in [3.8, 4) is 0 Å². The van der Waals surface area contributed by atoms with E-state index in [1.54, 1.807) is 20.8 Å². The van der Waals surface area contributed by atoms with Crippen molar-refractivity contribution in [2.24, 2.45) is 11.1 Å². The Morgan fingerprint density at radius 1 is 1.43 bits per heavy atom. The van der Waals surface area contributed by atoms with Crippen LogP contribution in [0.25, 0.3) is 0 Å². The van der Waals surface area contributed by atoms with Gasteiger partial charge in [0, 0.05) is 17.6 Å². The van der Waals surface area contributed by atoms with Crippen LogP contribution in [0.5, 0.6) is 0 Å². The predicted octanol–water partition coefficient (Wildman–Crippen LogP) is 0.495. The number of nitrogens with zero attached hydrogens (tertiary/aromatic N) is 1. The second-order valence-corrected chi connectivity index (χ2v) is 8.50. The molecule has 0 bridgehead atoms. The van der Waals surface area contributed by atoms with Crippen LogP contribution in [0.1, 0.15) is 20.8 Å². The SMILES string of the molecule is CC(C)(C)OC(=O)C1(C(=O)OCCBr)CS[C@@H]2C(N)C(=O)N2C1. The van der Waals surface area contributed by atoms with E-state index < -0.39 is 29.0 Å². The van der Waals surface area contributed by atoms with Gasteiger partial charge in [-0.05, 0) is 20.8 Å². The highest BCUT2D eigenvalue weighted by Gasteiger charge is 2.60. The molecule has 0 radical (unpaired) electrons. The van der Waals surface area contributed by atoms with E-state index in [2.05, 4.69) is 15.9 Å². The molecular weight excluding hydrogens is 388 g/mol. The summed E-state index contributed by atoms with van der Waals surface area (Å²) in [5, 5.41) is 0.272. The van der Waals surface area contributed by atoms with Gasteiger partial charge in [0.2, 0.25) is 5.91 Å². The summed E-state index contributed by atoms with van der Waals surface area (Å²) in [5.41, 5.74) is 3.50. The van der Waals surface area contributed by atoms with E-state index in [1.165, 1.54) is 16.7 Å². The quantitative estimate of drug-likeness (QED) is 0.312. The average Bonchev–Trinajstić information content (AvgIpc) is 2.49. The van der Waals surface area contributed by atoms with Gasteiger partial charge in [0.1, 0.15) is 23.6 Å². The number of esters is 2. The molecule has 7 nitrogen and oxygen atoms in total. The average molecular weight is 409 g/mol. The third-order valence-corrected chi connectivity index (χ3v) is 5.49. The van der Waals surface area contributed by atoms with Gasteiger partial charge in [0.05, 0.1) is 0 Å². The van der Waals surface area contributed by atoms with Crippen LogP contribution in [0.15, 0.2) is 0 Å². The third-order valence-electron chi connectivity index (χ3n) is 3.61. The van der Waals surface area contributed by atoms with E-state index in [9.17, 15) is 14.4 Å². The van der Waals surface area contributed by atoms with Crippen molar-refractivity contribution >= 4 is 45.5 Å². The number of alkyl halides is 1. The Balaban J connectivity index is 2.24. The highest BCUT2D eigenvalue weighted by molar-refractivity contribution is 9.09. The van der Waals surface area contributed by atoms with Gasteiger partial charge in [-0.2, -0.15) is 0 Å². The zero-order chi connectivity index (χ0) is 17.4. The van der Waals surface area contributed by atoms with Crippen molar-refractivity contribution < 1.29 is 23.9 Å². The smallest absolute Gasteiger partial charge is 0.326 e. The molecule has 23 heavy (non-hydrogen) atoms. The lowest BCUT2D eigenvalue weighted by Gasteiger charge is -2.52. The standard InChI is InChI=1S/C14H21BrN2O5S/c1-13(2,3)22-12(20)14(11(19)21-5-4-15)6-17-9(18)8(16)10(17)23-7-14/h8,10H,4-7,16H2,1-3H3/t8?,10-,14?/m1/s1. The zero-order valence-corrected chi connectivity index (χ0v) is 15.7. The Bertz CT molecular complexity index is 524. The van der Waals surface area contributed by atoms with Crippen LogP contribution in [0.4, 0.5) is 0 Å². The first-order chi connectivity index (χ1) is 10.6. The van der Waals surface area contributed by atoms with Crippen molar-refractivity contribution in [2.75, 3.05) is 24.2 Å². The van der Waals surface area contributed by atoms with Gasteiger partial charge in [-0.1, -0.05) is 15.9 Å². The molecule has 2 unspecified atom stereocenters. The third kappa shape index (κ3) is 3.51. The molecule has 2 saturated heterocycles. The Labute approximate surface area is 147 Å². The van der Waals surface area contributed by atoms with Crippen LogP contribution >= 0.6 is 27.7 Å². The van der Waals surface area contributed by atoms with Crippen molar-refractivity contribution in [1.29, 1.82) is 0 Å². The van der Waals surface area contributed by atoms with Crippen LogP contribution in [-0.2, 0) is 23.9 Å². The molecule has 0 aromatic heterocycles. The van der Waals surface area contributed by atoms with Gasteiger partial charge in [-0.3, -0.25) is 14.4 Å². The molecule has 1 amide bonds. The van der Waals surface area contributed by atoms with Crippen molar-refractivity contribution in [2.45, 2.75) is 37.8 Å². The molecule has 2 aliphatic heterocycles. The maximum Gasteiger partial charge on any atom is 0.326 e. The second kappa shape index (κ2) is 6.60. The number of thioether (sulfide) groups is 1.